The molecular weight excluding hydrogens is 310 g/mol. The first-order chi connectivity index (χ1) is 11.3. The summed E-state index contributed by atoms with van der Waals surface area (Å²) < 4.78 is 9.93. The maximum atomic E-state index is 12.2. The second-order valence-corrected chi connectivity index (χ2v) is 5.60. The van der Waals surface area contributed by atoms with Gasteiger partial charge in [0.1, 0.15) is 12.3 Å². The van der Waals surface area contributed by atoms with E-state index in [-0.39, 0.29) is 6.61 Å². The molecule has 6 nitrogen and oxygen atoms in total. The van der Waals surface area contributed by atoms with Crippen LogP contribution < -0.4 is 0 Å². The number of carbonyl (C=O) groups excluding carboxylic acids is 2. The fourth-order valence-corrected chi connectivity index (χ4v) is 2.67. The number of benzene rings is 1. The highest BCUT2D eigenvalue weighted by Gasteiger charge is 2.21. The molecule has 0 unspecified atom stereocenters. The van der Waals surface area contributed by atoms with Crippen molar-refractivity contribution in [3.63, 3.8) is 0 Å². The summed E-state index contributed by atoms with van der Waals surface area (Å²) in [5, 5.41) is 9.77. The molecule has 0 saturated carbocycles. The number of aromatic nitrogens is 1. The maximum absolute atomic E-state index is 12.2. The Kier molecular flexibility index (Phi) is 5.41. The molecule has 0 spiro atoms. The van der Waals surface area contributed by atoms with Crippen molar-refractivity contribution >= 4 is 11.9 Å². The number of aliphatic hydroxyl groups excluding tert-OH is 1. The Morgan fingerprint density at radius 2 is 1.79 bits per heavy atom. The van der Waals surface area contributed by atoms with E-state index in [1.165, 1.54) is 7.11 Å². The predicted molar refractivity (Wildman–Crippen MR) is 87.8 cm³/mol. The number of H-pyrrole nitrogens is 1. The number of esters is 2. The van der Waals surface area contributed by atoms with Gasteiger partial charge in [-0.25, -0.2) is 9.59 Å². The molecule has 1 atom stereocenters. The summed E-state index contributed by atoms with van der Waals surface area (Å²) >= 11 is 0. The highest BCUT2D eigenvalue weighted by molar-refractivity contribution is 5.90. The Morgan fingerprint density at radius 1 is 1.17 bits per heavy atom. The Morgan fingerprint density at radius 3 is 2.29 bits per heavy atom. The number of carbonyl (C=O) groups is 2. The zero-order valence-corrected chi connectivity index (χ0v) is 14.2. The molecule has 1 aromatic carbocycles. The number of aliphatic hydroxyl groups is 1. The van der Waals surface area contributed by atoms with Gasteiger partial charge in [-0.1, -0.05) is 12.1 Å². The molecule has 24 heavy (non-hydrogen) atoms. The summed E-state index contributed by atoms with van der Waals surface area (Å²) in [5.41, 5.74) is 3.68. The standard InChI is InChI=1S/C18H21NO5/c1-10-15(12(3)20)11(2)19-16(10)18(22)24-9-13-5-7-14(8-6-13)17(21)23-4/h5-8,12,19-20H,9H2,1-4H3/t12-/m0/s1. The Balaban J connectivity index is 2.06. The van der Waals surface area contributed by atoms with Crippen molar-refractivity contribution in [2.75, 3.05) is 7.11 Å². The average Bonchev–Trinajstić information content (AvgIpc) is 2.87. The molecule has 0 amide bonds. The molecule has 1 heterocycles. The van der Waals surface area contributed by atoms with Gasteiger partial charge in [-0.2, -0.15) is 0 Å². The monoisotopic (exact) mass is 331 g/mol. The fraction of sp³-hybridized carbons (Fsp3) is 0.333. The van der Waals surface area contributed by atoms with E-state index in [1.807, 2.05) is 0 Å². The third-order valence-corrected chi connectivity index (χ3v) is 3.86. The van der Waals surface area contributed by atoms with Crippen LogP contribution in [0.2, 0.25) is 0 Å². The van der Waals surface area contributed by atoms with E-state index in [0.717, 1.165) is 11.3 Å². The zero-order chi connectivity index (χ0) is 17.9. The van der Waals surface area contributed by atoms with Gasteiger partial charge in [0.15, 0.2) is 0 Å². The van der Waals surface area contributed by atoms with E-state index in [1.54, 1.807) is 45.0 Å². The molecule has 2 N–H and O–H groups in total. The minimum absolute atomic E-state index is 0.0851. The molecule has 0 radical (unpaired) electrons. The van der Waals surface area contributed by atoms with Crippen LogP contribution in [0.4, 0.5) is 0 Å². The van der Waals surface area contributed by atoms with E-state index in [4.69, 9.17) is 4.74 Å². The van der Waals surface area contributed by atoms with Crippen molar-refractivity contribution < 1.29 is 24.2 Å². The van der Waals surface area contributed by atoms with Gasteiger partial charge >= 0.3 is 11.9 Å². The Labute approximate surface area is 140 Å². The average molecular weight is 331 g/mol. The van der Waals surface area contributed by atoms with Crippen molar-refractivity contribution in [3.8, 4) is 0 Å². The molecule has 0 fully saturated rings. The summed E-state index contributed by atoms with van der Waals surface area (Å²) in [5.74, 6) is -0.902. The van der Waals surface area contributed by atoms with Crippen LogP contribution in [0.1, 0.15) is 56.3 Å². The number of hydrogen-bond donors (Lipinski definition) is 2. The first-order valence-electron chi connectivity index (χ1n) is 7.56. The first-order valence-corrected chi connectivity index (χ1v) is 7.56. The number of aryl methyl sites for hydroxylation is 1. The summed E-state index contributed by atoms with van der Waals surface area (Å²) in [4.78, 5) is 26.6. The van der Waals surface area contributed by atoms with Crippen LogP contribution >= 0.6 is 0 Å². The predicted octanol–water partition coefficient (Wildman–Crippen LogP) is 2.83. The molecule has 6 heteroatoms. The third-order valence-electron chi connectivity index (χ3n) is 3.86. The Hall–Kier alpha value is -2.60. The molecule has 2 aromatic rings. The minimum Gasteiger partial charge on any atom is -0.465 e. The molecule has 0 aliphatic carbocycles. The fourth-order valence-electron chi connectivity index (χ4n) is 2.67. The highest BCUT2D eigenvalue weighted by Crippen LogP contribution is 2.25. The van der Waals surface area contributed by atoms with Gasteiger partial charge in [0.25, 0.3) is 0 Å². The number of rotatable bonds is 5. The number of aromatic amines is 1. The second kappa shape index (κ2) is 7.31. The summed E-state index contributed by atoms with van der Waals surface area (Å²) in [7, 11) is 1.32. The van der Waals surface area contributed by atoms with Crippen molar-refractivity contribution in [1.82, 2.24) is 4.98 Å². The van der Waals surface area contributed by atoms with Crippen LogP contribution in [-0.4, -0.2) is 29.1 Å². The normalized spacial score (nSPS) is 11.9. The molecule has 128 valence electrons. The van der Waals surface area contributed by atoms with Gasteiger partial charge in [-0.3, -0.25) is 0 Å². The lowest BCUT2D eigenvalue weighted by molar-refractivity contribution is 0.0464. The van der Waals surface area contributed by atoms with Gasteiger partial charge in [-0.05, 0) is 44.0 Å². The van der Waals surface area contributed by atoms with Crippen LogP contribution in [0.3, 0.4) is 0 Å². The van der Waals surface area contributed by atoms with E-state index >= 15 is 0 Å². The van der Waals surface area contributed by atoms with Crippen molar-refractivity contribution in [2.45, 2.75) is 33.5 Å². The van der Waals surface area contributed by atoms with E-state index < -0.39 is 18.0 Å². The lowest BCUT2D eigenvalue weighted by Gasteiger charge is -2.07. The van der Waals surface area contributed by atoms with Gasteiger partial charge in [0.2, 0.25) is 0 Å². The first kappa shape index (κ1) is 17.7. The van der Waals surface area contributed by atoms with Gasteiger partial charge in [0.05, 0.1) is 18.8 Å². The number of methoxy groups -OCH3 is 1. The number of ether oxygens (including phenoxy) is 2. The van der Waals surface area contributed by atoms with Crippen LogP contribution in [-0.2, 0) is 16.1 Å². The maximum Gasteiger partial charge on any atom is 0.355 e. The lowest BCUT2D eigenvalue weighted by Crippen LogP contribution is -2.08. The molecule has 1 aromatic heterocycles. The highest BCUT2D eigenvalue weighted by atomic mass is 16.5. The topological polar surface area (TPSA) is 88.6 Å². The van der Waals surface area contributed by atoms with Crippen LogP contribution in [0.25, 0.3) is 0 Å². The summed E-state index contributed by atoms with van der Waals surface area (Å²) in [6, 6.07) is 6.64. The van der Waals surface area contributed by atoms with Crippen LogP contribution in [0.15, 0.2) is 24.3 Å². The van der Waals surface area contributed by atoms with E-state index in [9.17, 15) is 14.7 Å². The van der Waals surface area contributed by atoms with Gasteiger partial charge < -0.3 is 19.6 Å². The minimum atomic E-state index is -0.659. The van der Waals surface area contributed by atoms with Crippen molar-refractivity contribution in [2.24, 2.45) is 0 Å². The molecular formula is C18H21NO5. The molecule has 0 saturated heterocycles. The molecule has 0 aliphatic rings. The number of hydrogen-bond acceptors (Lipinski definition) is 5. The van der Waals surface area contributed by atoms with Crippen LogP contribution in [0.5, 0.6) is 0 Å². The number of nitrogens with one attached hydrogen (secondary N) is 1. The van der Waals surface area contributed by atoms with Crippen molar-refractivity contribution in [3.05, 3.63) is 57.9 Å². The lowest BCUT2D eigenvalue weighted by atomic mass is 10.1. The van der Waals surface area contributed by atoms with Crippen LogP contribution in [0, 0.1) is 13.8 Å². The van der Waals surface area contributed by atoms with E-state index in [2.05, 4.69) is 9.72 Å². The molecule has 0 aliphatic heterocycles. The summed E-state index contributed by atoms with van der Waals surface area (Å²) in [6.07, 6.45) is -0.659. The van der Waals surface area contributed by atoms with E-state index in [0.29, 0.717) is 22.4 Å². The molecule has 0 bridgehead atoms. The van der Waals surface area contributed by atoms with Gasteiger partial charge in [-0.15, -0.1) is 0 Å². The second-order valence-electron chi connectivity index (χ2n) is 5.60. The third kappa shape index (κ3) is 3.65. The Bertz CT molecular complexity index is 744. The zero-order valence-electron chi connectivity index (χ0n) is 14.2. The largest absolute Gasteiger partial charge is 0.465 e. The summed E-state index contributed by atoms with van der Waals surface area (Å²) in [6.45, 7) is 5.31. The quantitative estimate of drug-likeness (QED) is 0.823. The van der Waals surface area contributed by atoms with Crippen molar-refractivity contribution in [1.29, 1.82) is 0 Å². The SMILES string of the molecule is COC(=O)c1ccc(COC(=O)c2[nH]c(C)c([C@H](C)O)c2C)cc1. The van der Waals surface area contributed by atoms with Gasteiger partial charge in [0, 0.05) is 11.3 Å². The molecule has 2 rings (SSSR count). The smallest absolute Gasteiger partial charge is 0.355 e.